The molecule has 2 aliphatic rings. The van der Waals surface area contributed by atoms with Gasteiger partial charge in [0.2, 0.25) is 0 Å². The van der Waals surface area contributed by atoms with Gasteiger partial charge in [0, 0.05) is 51.8 Å². The Balaban J connectivity index is 1.44. The summed E-state index contributed by atoms with van der Waals surface area (Å²) in [5, 5.41) is 12.7. The Kier molecular flexibility index (Phi) is 6.67. The van der Waals surface area contributed by atoms with Gasteiger partial charge in [0.25, 0.3) is 0 Å². The largest absolute Gasteiger partial charge is 0.396 e. The van der Waals surface area contributed by atoms with E-state index < -0.39 is 0 Å². The quantitative estimate of drug-likeness (QED) is 0.799. The van der Waals surface area contributed by atoms with Crippen molar-refractivity contribution < 1.29 is 14.6 Å². The number of urea groups is 1. The second-order valence-corrected chi connectivity index (χ2v) is 6.99. The molecular weight excluding hydrogens is 318 g/mol. The monoisotopic (exact) mass is 347 g/mol. The van der Waals surface area contributed by atoms with E-state index in [9.17, 15) is 9.90 Å². The first-order chi connectivity index (χ1) is 12.3. The molecule has 2 fully saturated rings. The minimum Gasteiger partial charge on any atom is -0.396 e. The number of likely N-dealkylation sites (tertiary alicyclic amines) is 1. The molecule has 2 aliphatic heterocycles. The molecule has 1 aromatic rings. The number of rotatable bonds is 6. The number of hydrogen-bond acceptors (Lipinski definition) is 4. The van der Waals surface area contributed by atoms with Crippen LogP contribution in [0.25, 0.3) is 0 Å². The van der Waals surface area contributed by atoms with Crippen LogP contribution in [0.15, 0.2) is 30.3 Å². The van der Waals surface area contributed by atoms with E-state index in [1.165, 1.54) is 5.56 Å². The summed E-state index contributed by atoms with van der Waals surface area (Å²) >= 11 is 0. The smallest absolute Gasteiger partial charge is 0.317 e. The number of carbonyl (C=O) groups excluding carboxylic acids is 1. The van der Waals surface area contributed by atoms with Gasteiger partial charge in [-0.1, -0.05) is 30.3 Å². The number of benzene rings is 1. The second kappa shape index (κ2) is 9.17. The standard InChI is InChI=1S/C19H29N3O3/c23-15-18-14-22(13-17(18)12-21-8-10-25-11-9-21)19(24)20-7-6-16-4-2-1-3-5-16/h1-5,17-18,23H,6-15H2,(H,20,24)/t17-,18-/m0/s1. The molecule has 2 heterocycles. The van der Waals surface area contributed by atoms with E-state index in [-0.39, 0.29) is 18.6 Å². The molecule has 1 aromatic carbocycles. The van der Waals surface area contributed by atoms with E-state index in [4.69, 9.17) is 4.74 Å². The third-order valence-electron chi connectivity index (χ3n) is 5.23. The first-order valence-electron chi connectivity index (χ1n) is 9.24. The van der Waals surface area contributed by atoms with E-state index in [0.717, 1.165) is 45.8 Å². The van der Waals surface area contributed by atoms with Crippen molar-refractivity contribution in [2.24, 2.45) is 11.8 Å². The van der Waals surface area contributed by atoms with Crippen molar-refractivity contribution in [3.05, 3.63) is 35.9 Å². The van der Waals surface area contributed by atoms with Crippen LogP contribution >= 0.6 is 0 Å². The molecule has 2 atom stereocenters. The first-order valence-corrected chi connectivity index (χ1v) is 9.24. The lowest BCUT2D eigenvalue weighted by atomic mass is 9.96. The Hall–Kier alpha value is -1.63. The summed E-state index contributed by atoms with van der Waals surface area (Å²) < 4.78 is 5.39. The lowest BCUT2D eigenvalue weighted by Gasteiger charge is -2.30. The number of nitrogens with zero attached hydrogens (tertiary/aromatic N) is 2. The fourth-order valence-electron chi connectivity index (χ4n) is 3.70. The van der Waals surface area contributed by atoms with Crippen molar-refractivity contribution in [1.82, 2.24) is 15.1 Å². The van der Waals surface area contributed by atoms with E-state index in [0.29, 0.717) is 19.0 Å². The molecule has 0 bridgehead atoms. The maximum Gasteiger partial charge on any atom is 0.317 e. The van der Waals surface area contributed by atoms with E-state index in [1.807, 2.05) is 23.1 Å². The Morgan fingerprint density at radius 2 is 1.88 bits per heavy atom. The summed E-state index contributed by atoms with van der Waals surface area (Å²) in [5.74, 6) is 0.505. The van der Waals surface area contributed by atoms with Crippen molar-refractivity contribution in [3.63, 3.8) is 0 Å². The van der Waals surface area contributed by atoms with Crippen molar-refractivity contribution in [1.29, 1.82) is 0 Å². The van der Waals surface area contributed by atoms with Crippen molar-refractivity contribution >= 4 is 6.03 Å². The molecule has 2 N–H and O–H groups in total. The highest BCUT2D eigenvalue weighted by Gasteiger charge is 2.35. The topological polar surface area (TPSA) is 65.0 Å². The molecular formula is C19H29N3O3. The number of aliphatic hydroxyl groups is 1. The highest BCUT2D eigenvalue weighted by molar-refractivity contribution is 5.74. The van der Waals surface area contributed by atoms with E-state index in [2.05, 4.69) is 22.3 Å². The lowest BCUT2D eigenvalue weighted by Crippen LogP contribution is -2.42. The van der Waals surface area contributed by atoms with Crippen molar-refractivity contribution in [3.8, 4) is 0 Å². The Labute approximate surface area is 149 Å². The molecule has 3 rings (SSSR count). The van der Waals surface area contributed by atoms with Gasteiger partial charge < -0.3 is 20.1 Å². The van der Waals surface area contributed by atoms with Gasteiger partial charge in [-0.25, -0.2) is 4.79 Å². The zero-order valence-electron chi connectivity index (χ0n) is 14.8. The molecule has 0 radical (unpaired) electrons. The van der Waals surface area contributed by atoms with Gasteiger partial charge in [-0.3, -0.25) is 4.90 Å². The van der Waals surface area contributed by atoms with E-state index in [1.54, 1.807) is 0 Å². The molecule has 138 valence electrons. The Morgan fingerprint density at radius 3 is 2.60 bits per heavy atom. The van der Waals surface area contributed by atoms with Crippen LogP contribution in [0, 0.1) is 11.8 Å². The minimum absolute atomic E-state index is 0.0149. The summed E-state index contributed by atoms with van der Waals surface area (Å²) in [5.41, 5.74) is 1.22. The van der Waals surface area contributed by atoms with Crippen molar-refractivity contribution in [2.75, 3.05) is 59.1 Å². The average molecular weight is 347 g/mol. The number of aliphatic hydroxyl groups excluding tert-OH is 1. The molecule has 2 amide bonds. The van der Waals surface area contributed by atoms with Crippen LogP contribution in [-0.2, 0) is 11.2 Å². The summed E-state index contributed by atoms with van der Waals surface area (Å²) in [6.07, 6.45) is 0.834. The molecule has 6 heteroatoms. The van der Waals surface area contributed by atoms with Gasteiger partial charge in [-0.15, -0.1) is 0 Å². The maximum absolute atomic E-state index is 12.4. The second-order valence-electron chi connectivity index (χ2n) is 6.99. The molecule has 2 saturated heterocycles. The van der Waals surface area contributed by atoms with Gasteiger partial charge >= 0.3 is 6.03 Å². The number of morpholine rings is 1. The molecule has 0 unspecified atom stereocenters. The number of hydrogen-bond donors (Lipinski definition) is 2. The zero-order chi connectivity index (χ0) is 17.5. The third kappa shape index (κ3) is 5.17. The normalized spacial score (nSPS) is 24.4. The molecule has 0 saturated carbocycles. The highest BCUT2D eigenvalue weighted by atomic mass is 16.5. The average Bonchev–Trinajstić information content (AvgIpc) is 3.06. The van der Waals surface area contributed by atoms with Crippen LogP contribution in [0.1, 0.15) is 5.56 Å². The number of carbonyl (C=O) groups is 1. The predicted molar refractivity (Wildman–Crippen MR) is 96.4 cm³/mol. The van der Waals surface area contributed by atoms with Crippen LogP contribution in [0.5, 0.6) is 0 Å². The van der Waals surface area contributed by atoms with Crippen LogP contribution in [0.3, 0.4) is 0 Å². The fraction of sp³-hybridized carbons (Fsp3) is 0.632. The summed E-state index contributed by atoms with van der Waals surface area (Å²) in [6.45, 7) is 6.52. The number of amides is 2. The Bertz CT molecular complexity index is 534. The van der Waals surface area contributed by atoms with E-state index >= 15 is 0 Å². The Morgan fingerprint density at radius 1 is 1.16 bits per heavy atom. The van der Waals surface area contributed by atoms with Crippen LogP contribution in [0.2, 0.25) is 0 Å². The lowest BCUT2D eigenvalue weighted by molar-refractivity contribution is 0.0265. The van der Waals surface area contributed by atoms with Gasteiger partial charge in [0.05, 0.1) is 13.2 Å². The van der Waals surface area contributed by atoms with Crippen LogP contribution in [0.4, 0.5) is 4.79 Å². The zero-order valence-corrected chi connectivity index (χ0v) is 14.8. The van der Waals surface area contributed by atoms with Crippen LogP contribution in [-0.4, -0.2) is 80.0 Å². The van der Waals surface area contributed by atoms with Gasteiger partial charge in [0.1, 0.15) is 0 Å². The fourth-order valence-corrected chi connectivity index (χ4v) is 3.70. The first kappa shape index (κ1) is 18.2. The minimum atomic E-state index is -0.0149. The van der Waals surface area contributed by atoms with Gasteiger partial charge in [0.15, 0.2) is 0 Å². The third-order valence-corrected chi connectivity index (χ3v) is 5.23. The predicted octanol–water partition coefficient (Wildman–Crippen LogP) is 0.811. The van der Waals surface area contributed by atoms with Gasteiger partial charge in [-0.2, -0.15) is 0 Å². The number of ether oxygens (including phenoxy) is 1. The number of nitrogens with one attached hydrogen (secondary N) is 1. The van der Waals surface area contributed by atoms with Gasteiger partial charge in [-0.05, 0) is 17.9 Å². The highest BCUT2D eigenvalue weighted by Crippen LogP contribution is 2.24. The summed E-state index contributed by atoms with van der Waals surface area (Å²) in [7, 11) is 0. The molecule has 25 heavy (non-hydrogen) atoms. The molecule has 0 aromatic heterocycles. The molecule has 6 nitrogen and oxygen atoms in total. The summed E-state index contributed by atoms with van der Waals surface area (Å²) in [6, 6.07) is 10.2. The summed E-state index contributed by atoms with van der Waals surface area (Å²) in [4.78, 5) is 16.7. The molecule has 0 aliphatic carbocycles. The maximum atomic E-state index is 12.4. The molecule has 0 spiro atoms. The van der Waals surface area contributed by atoms with Crippen molar-refractivity contribution in [2.45, 2.75) is 6.42 Å². The SMILES string of the molecule is O=C(NCCc1ccccc1)N1C[C@@H](CO)[C@@H](CN2CCOCC2)C1. The van der Waals surface area contributed by atoms with Crippen LogP contribution < -0.4 is 5.32 Å².